The molecular formula is C15H30N4O. The van der Waals surface area contributed by atoms with Crippen LogP contribution in [0.3, 0.4) is 0 Å². The molecule has 1 aliphatic heterocycles. The minimum Gasteiger partial charge on any atom is -0.379 e. The maximum Gasteiger partial charge on any atom is 0.192 e. The molecule has 2 unspecified atom stereocenters. The summed E-state index contributed by atoms with van der Waals surface area (Å²) >= 11 is 0. The van der Waals surface area contributed by atoms with Gasteiger partial charge in [-0.05, 0) is 25.9 Å². The predicted octanol–water partition coefficient (Wildman–Crippen LogP) is 1.29. The normalized spacial score (nSPS) is 30.3. The Bertz CT molecular complexity index is 343. The van der Waals surface area contributed by atoms with Crippen LogP contribution in [0.25, 0.3) is 0 Å². The molecule has 1 aliphatic carbocycles. The van der Waals surface area contributed by atoms with E-state index in [1.54, 1.807) is 0 Å². The number of guanidine groups is 1. The standard InChI is InChI=1S/C15H30N4O/c1-4-18(5-2)10-11-19-14(16)17-12-15(19)9-7-6-8-13(15)20-3/h13H,4-12H2,1-3H3,(H2,16,17). The highest BCUT2D eigenvalue weighted by Gasteiger charge is 2.49. The molecule has 2 rings (SSSR count). The average Bonchev–Trinajstić information content (AvgIpc) is 2.78. The number of likely N-dealkylation sites (N-methyl/N-ethyl adjacent to an activating group) is 1. The van der Waals surface area contributed by atoms with Gasteiger partial charge in [0, 0.05) is 20.2 Å². The molecule has 2 N–H and O–H groups in total. The summed E-state index contributed by atoms with van der Waals surface area (Å²) in [5, 5.41) is 0. The largest absolute Gasteiger partial charge is 0.379 e. The van der Waals surface area contributed by atoms with Crippen LogP contribution in [0, 0.1) is 0 Å². The third-order valence-electron chi connectivity index (χ3n) is 5.07. The SMILES string of the molecule is CCN(CC)CCN1C(N)=NCC12CCCCC2OC. The first kappa shape index (κ1) is 15.6. The van der Waals surface area contributed by atoms with Crippen molar-refractivity contribution in [1.82, 2.24) is 9.80 Å². The molecule has 0 amide bonds. The number of hydrogen-bond donors (Lipinski definition) is 1. The maximum atomic E-state index is 6.17. The third-order valence-corrected chi connectivity index (χ3v) is 5.07. The maximum absolute atomic E-state index is 6.17. The van der Waals surface area contributed by atoms with Gasteiger partial charge < -0.3 is 20.3 Å². The molecular weight excluding hydrogens is 252 g/mol. The summed E-state index contributed by atoms with van der Waals surface area (Å²) in [4.78, 5) is 9.31. The van der Waals surface area contributed by atoms with Crippen LogP contribution in [0.5, 0.6) is 0 Å². The lowest BCUT2D eigenvalue weighted by molar-refractivity contribution is -0.0434. The Labute approximate surface area is 123 Å². The summed E-state index contributed by atoms with van der Waals surface area (Å²) in [6, 6.07) is 0. The molecule has 1 spiro atoms. The molecule has 116 valence electrons. The van der Waals surface area contributed by atoms with Crippen molar-refractivity contribution >= 4 is 5.96 Å². The van der Waals surface area contributed by atoms with E-state index in [9.17, 15) is 0 Å². The number of ether oxygens (including phenoxy) is 1. The lowest BCUT2D eigenvalue weighted by Gasteiger charge is -2.47. The van der Waals surface area contributed by atoms with Crippen molar-refractivity contribution in [3.05, 3.63) is 0 Å². The van der Waals surface area contributed by atoms with Crippen molar-refractivity contribution in [2.24, 2.45) is 10.7 Å². The Morgan fingerprint density at radius 3 is 2.80 bits per heavy atom. The van der Waals surface area contributed by atoms with Crippen LogP contribution in [-0.2, 0) is 4.74 Å². The van der Waals surface area contributed by atoms with Gasteiger partial charge in [-0.1, -0.05) is 26.7 Å². The monoisotopic (exact) mass is 282 g/mol. The molecule has 0 bridgehead atoms. The van der Waals surface area contributed by atoms with Gasteiger partial charge in [-0.25, -0.2) is 0 Å². The molecule has 20 heavy (non-hydrogen) atoms. The lowest BCUT2D eigenvalue weighted by Crippen LogP contribution is -2.61. The van der Waals surface area contributed by atoms with Gasteiger partial charge in [0.2, 0.25) is 0 Å². The summed E-state index contributed by atoms with van der Waals surface area (Å²) in [6.07, 6.45) is 5.04. The van der Waals surface area contributed by atoms with Crippen LogP contribution in [0.2, 0.25) is 0 Å². The zero-order chi connectivity index (χ0) is 14.6. The molecule has 0 aromatic heterocycles. The predicted molar refractivity (Wildman–Crippen MR) is 83.0 cm³/mol. The van der Waals surface area contributed by atoms with Crippen LogP contribution in [-0.4, -0.2) is 67.2 Å². The molecule has 5 nitrogen and oxygen atoms in total. The van der Waals surface area contributed by atoms with E-state index >= 15 is 0 Å². The fraction of sp³-hybridized carbons (Fsp3) is 0.933. The number of aliphatic imine (C=N–C) groups is 1. The highest BCUT2D eigenvalue weighted by Crippen LogP contribution is 2.38. The number of methoxy groups -OCH3 is 1. The van der Waals surface area contributed by atoms with E-state index in [4.69, 9.17) is 10.5 Å². The summed E-state index contributed by atoms with van der Waals surface area (Å²) in [5.41, 5.74) is 6.19. The topological polar surface area (TPSA) is 54.1 Å². The first-order valence-electron chi connectivity index (χ1n) is 8.00. The molecule has 0 aromatic rings. The fourth-order valence-electron chi connectivity index (χ4n) is 3.75. The molecule has 1 heterocycles. The van der Waals surface area contributed by atoms with E-state index in [1.807, 2.05) is 7.11 Å². The Hall–Kier alpha value is -0.810. The van der Waals surface area contributed by atoms with E-state index in [1.165, 1.54) is 12.8 Å². The Balaban J connectivity index is 2.08. The van der Waals surface area contributed by atoms with E-state index in [2.05, 4.69) is 28.6 Å². The summed E-state index contributed by atoms with van der Waals surface area (Å²) in [7, 11) is 1.83. The molecule has 1 fully saturated rings. The average molecular weight is 282 g/mol. The van der Waals surface area contributed by atoms with Gasteiger partial charge in [-0.2, -0.15) is 0 Å². The fourth-order valence-corrected chi connectivity index (χ4v) is 3.75. The summed E-state index contributed by atoms with van der Waals surface area (Å²) in [5.74, 6) is 0.709. The van der Waals surface area contributed by atoms with E-state index < -0.39 is 0 Å². The van der Waals surface area contributed by atoms with Crippen molar-refractivity contribution in [1.29, 1.82) is 0 Å². The molecule has 0 saturated heterocycles. The minimum atomic E-state index is 0.0181. The van der Waals surface area contributed by atoms with Crippen molar-refractivity contribution in [3.63, 3.8) is 0 Å². The van der Waals surface area contributed by atoms with E-state index in [-0.39, 0.29) is 11.6 Å². The van der Waals surface area contributed by atoms with Gasteiger partial charge in [-0.3, -0.25) is 4.99 Å². The second kappa shape index (κ2) is 6.76. The first-order chi connectivity index (χ1) is 9.67. The highest BCUT2D eigenvalue weighted by atomic mass is 16.5. The molecule has 1 saturated carbocycles. The molecule has 2 aliphatic rings. The lowest BCUT2D eigenvalue weighted by atomic mass is 9.78. The van der Waals surface area contributed by atoms with Gasteiger partial charge in [0.25, 0.3) is 0 Å². The Morgan fingerprint density at radius 2 is 2.15 bits per heavy atom. The van der Waals surface area contributed by atoms with Crippen LogP contribution < -0.4 is 5.73 Å². The van der Waals surface area contributed by atoms with Crippen molar-refractivity contribution < 1.29 is 4.74 Å². The number of hydrogen-bond acceptors (Lipinski definition) is 5. The third kappa shape index (κ3) is 2.79. The summed E-state index contributed by atoms with van der Waals surface area (Å²) < 4.78 is 5.78. The van der Waals surface area contributed by atoms with Gasteiger partial charge >= 0.3 is 0 Å². The zero-order valence-electron chi connectivity index (χ0n) is 13.3. The minimum absolute atomic E-state index is 0.0181. The van der Waals surface area contributed by atoms with Crippen LogP contribution in [0.4, 0.5) is 0 Å². The van der Waals surface area contributed by atoms with Crippen LogP contribution >= 0.6 is 0 Å². The van der Waals surface area contributed by atoms with Crippen molar-refractivity contribution in [2.75, 3.05) is 39.8 Å². The molecule has 0 aromatic carbocycles. The van der Waals surface area contributed by atoms with Crippen LogP contribution in [0.1, 0.15) is 39.5 Å². The van der Waals surface area contributed by atoms with Crippen molar-refractivity contribution in [3.8, 4) is 0 Å². The quantitative estimate of drug-likeness (QED) is 0.797. The Morgan fingerprint density at radius 1 is 1.40 bits per heavy atom. The smallest absolute Gasteiger partial charge is 0.192 e. The van der Waals surface area contributed by atoms with Crippen molar-refractivity contribution in [2.45, 2.75) is 51.2 Å². The number of rotatable bonds is 6. The molecule has 0 radical (unpaired) electrons. The molecule has 5 heteroatoms. The van der Waals surface area contributed by atoms with E-state index in [0.717, 1.165) is 45.6 Å². The number of nitrogens with zero attached hydrogens (tertiary/aromatic N) is 3. The van der Waals surface area contributed by atoms with Gasteiger partial charge in [-0.15, -0.1) is 0 Å². The van der Waals surface area contributed by atoms with Gasteiger partial charge in [0.15, 0.2) is 5.96 Å². The highest BCUT2D eigenvalue weighted by molar-refractivity contribution is 5.81. The second-order valence-electron chi connectivity index (χ2n) is 5.93. The van der Waals surface area contributed by atoms with Crippen LogP contribution in [0.15, 0.2) is 4.99 Å². The Kier molecular flexibility index (Phi) is 5.27. The summed E-state index contributed by atoms with van der Waals surface area (Å²) in [6.45, 7) is 9.39. The van der Waals surface area contributed by atoms with Gasteiger partial charge in [0.05, 0.1) is 18.2 Å². The number of nitrogens with two attached hydrogens (primary N) is 1. The second-order valence-corrected chi connectivity index (χ2v) is 5.93. The zero-order valence-corrected chi connectivity index (χ0v) is 13.3. The first-order valence-corrected chi connectivity index (χ1v) is 8.00. The molecule has 2 atom stereocenters. The van der Waals surface area contributed by atoms with Gasteiger partial charge in [0.1, 0.15) is 0 Å². The van der Waals surface area contributed by atoms with E-state index in [0.29, 0.717) is 5.96 Å².